The molecule has 0 saturated carbocycles. The minimum absolute atomic E-state index is 0.0426. The molecule has 0 aliphatic carbocycles. The van der Waals surface area contributed by atoms with Crippen LogP contribution in [0.5, 0.6) is 5.75 Å². The molecule has 0 unspecified atom stereocenters. The number of halogens is 4. The Hall–Kier alpha value is -3.49. The first-order valence-electron chi connectivity index (χ1n) is 9.04. The Morgan fingerprint density at radius 3 is 2.57 bits per heavy atom. The predicted octanol–water partition coefficient (Wildman–Crippen LogP) is 4.44. The highest BCUT2D eigenvalue weighted by molar-refractivity contribution is 5.97. The monoisotopic (exact) mass is 417 g/mol. The van der Waals surface area contributed by atoms with Crippen LogP contribution in [-0.2, 0) is 6.42 Å². The molecule has 30 heavy (non-hydrogen) atoms. The van der Waals surface area contributed by atoms with Gasteiger partial charge in [0.15, 0.2) is 5.82 Å². The summed E-state index contributed by atoms with van der Waals surface area (Å²) in [6.07, 6.45) is -4.42. The molecule has 3 aromatic rings. The van der Waals surface area contributed by atoms with E-state index in [2.05, 4.69) is 20.0 Å². The molecule has 1 aromatic heterocycles. The van der Waals surface area contributed by atoms with E-state index in [0.29, 0.717) is 35.5 Å². The Morgan fingerprint density at radius 1 is 1.03 bits per heavy atom. The summed E-state index contributed by atoms with van der Waals surface area (Å²) < 4.78 is 56.8. The van der Waals surface area contributed by atoms with E-state index in [1.54, 1.807) is 6.92 Å². The molecule has 1 aliphatic heterocycles. The maximum absolute atomic E-state index is 14.1. The van der Waals surface area contributed by atoms with Crippen LogP contribution in [0.3, 0.4) is 0 Å². The minimum atomic E-state index is -4.91. The molecule has 2 heterocycles. The van der Waals surface area contributed by atoms with E-state index >= 15 is 0 Å². The lowest BCUT2D eigenvalue weighted by Gasteiger charge is -2.19. The molecule has 0 saturated heterocycles. The number of alkyl halides is 3. The van der Waals surface area contributed by atoms with Gasteiger partial charge in [0.05, 0.1) is 17.0 Å². The molecular weight excluding hydrogens is 402 g/mol. The number of amides is 1. The zero-order valence-electron chi connectivity index (χ0n) is 15.7. The lowest BCUT2D eigenvalue weighted by Crippen LogP contribution is -2.33. The van der Waals surface area contributed by atoms with Crippen LogP contribution in [0.1, 0.15) is 21.7 Å². The van der Waals surface area contributed by atoms with Crippen molar-refractivity contribution in [2.24, 2.45) is 0 Å². The summed E-state index contributed by atoms with van der Waals surface area (Å²) >= 11 is 0. The number of hydrogen-bond donors (Lipinski definition) is 1. The zero-order valence-corrected chi connectivity index (χ0v) is 15.7. The molecule has 1 N–H and O–H groups in total. The lowest BCUT2D eigenvalue weighted by molar-refractivity contribution is -0.274. The number of rotatable bonds is 3. The Balaban J connectivity index is 1.90. The van der Waals surface area contributed by atoms with E-state index in [1.165, 1.54) is 30.3 Å². The van der Waals surface area contributed by atoms with Gasteiger partial charge in [-0.05, 0) is 36.8 Å². The summed E-state index contributed by atoms with van der Waals surface area (Å²) in [4.78, 5) is 20.9. The molecule has 0 bridgehead atoms. The lowest BCUT2D eigenvalue weighted by atomic mass is 9.97. The molecule has 0 radical (unpaired) electrons. The second-order valence-electron chi connectivity index (χ2n) is 6.69. The Bertz CT molecular complexity index is 1150. The number of nitrogens with zero attached hydrogens (tertiary/aromatic N) is 2. The van der Waals surface area contributed by atoms with Crippen LogP contribution in [0, 0.1) is 12.7 Å². The second kappa shape index (κ2) is 7.40. The number of carbonyl (C=O) groups excluding carboxylic acids is 1. The third kappa shape index (κ3) is 3.83. The molecule has 2 aromatic carbocycles. The first kappa shape index (κ1) is 19.8. The normalized spacial score (nSPS) is 13.6. The molecule has 0 atom stereocenters. The molecule has 5 nitrogen and oxygen atoms in total. The van der Waals surface area contributed by atoms with Crippen LogP contribution in [-0.4, -0.2) is 28.8 Å². The Labute approximate surface area is 168 Å². The van der Waals surface area contributed by atoms with Gasteiger partial charge in [-0.25, -0.2) is 14.4 Å². The highest BCUT2D eigenvalue weighted by atomic mass is 19.4. The molecule has 0 fully saturated rings. The molecule has 1 amide bonds. The van der Waals surface area contributed by atoms with Gasteiger partial charge >= 0.3 is 6.36 Å². The van der Waals surface area contributed by atoms with E-state index < -0.39 is 17.9 Å². The van der Waals surface area contributed by atoms with Crippen LogP contribution >= 0.6 is 0 Å². The number of hydrogen-bond acceptors (Lipinski definition) is 4. The summed E-state index contributed by atoms with van der Waals surface area (Å²) in [5.41, 5.74) is 1.87. The number of benzene rings is 2. The van der Waals surface area contributed by atoms with E-state index in [4.69, 9.17) is 0 Å². The molecule has 9 heteroatoms. The van der Waals surface area contributed by atoms with Crippen LogP contribution in [0.4, 0.5) is 17.6 Å². The summed E-state index contributed by atoms with van der Waals surface area (Å²) in [6.45, 7) is 2.07. The summed E-state index contributed by atoms with van der Waals surface area (Å²) in [7, 11) is 0. The first-order chi connectivity index (χ1) is 14.2. The van der Waals surface area contributed by atoms with E-state index in [1.807, 2.05) is 0 Å². The molecule has 4 rings (SSSR count). The van der Waals surface area contributed by atoms with E-state index in [-0.39, 0.29) is 22.9 Å². The van der Waals surface area contributed by atoms with Gasteiger partial charge < -0.3 is 10.1 Å². The number of carbonyl (C=O) groups is 1. The quantitative estimate of drug-likeness (QED) is 0.640. The fraction of sp³-hybridized carbons (Fsp3) is 0.190. The van der Waals surface area contributed by atoms with Gasteiger partial charge in [-0.1, -0.05) is 18.2 Å². The van der Waals surface area contributed by atoms with Gasteiger partial charge in [-0.2, -0.15) is 0 Å². The molecule has 0 spiro atoms. The average Bonchev–Trinajstić information content (AvgIpc) is 2.67. The third-order valence-corrected chi connectivity index (χ3v) is 4.66. The van der Waals surface area contributed by atoms with Crippen molar-refractivity contribution in [3.63, 3.8) is 0 Å². The highest BCUT2D eigenvalue weighted by Crippen LogP contribution is 2.39. The average molecular weight is 417 g/mol. The van der Waals surface area contributed by atoms with Crippen LogP contribution in [0.25, 0.3) is 22.5 Å². The van der Waals surface area contributed by atoms with Gasteiger partial charge in [-0.3, -0.25) is 4.79 Å². The van der Waals surface area contributed by atoms with Crippen molar-refractivity contribution in [2.45, 2.75) is 19.7 Å². The number of para-hydroxylation sites is 1. The van der Waals surface area contributed by atoms with Gasteiger partial charge in [0.25, 0.3) is 5.91 Å². The summed E-state index contributed by atoms with van der Waals surface area (Å²) in [6, 6.07) is 9.16. The molecule has 154 valence electrons. The van der Waals surface area contributed by atoms with Crippen molar-refractivity contribution in [1.29, 1.82) is 0 Å². The summed E-state index contributed by atoms with van der Waals surface area (Å²) in [5, 5.41) is 2.72. The number of aromatic nitrogens is 2. The number of nitrogens with one attached hydrogen (secondary N) is 1. The maximum atomic E-state index is 14.1. The van der Waals surface area contributed by atoms with Crippen molar-refractivity contribution in [1.82, 2.24) is 15.3 Å². The Kier molecular flexibility index (Phi) is 4.89. The number of ether oxygens (including phenoxy) is 1. The number of fused-ring (bicyclic) bond motifs is 1. The van der Waals surface area contributed by atoms with Crippen molar-refractivity contribution < 1.29 is 27.1 Å². The minimum Gasteiger partial charge on any atom is -0.405 e. The Morgan fingerprint density at radius 2 is 1.80 bits per heavy atom. The standard InChI is InChI=1S/C21H15F4N3O2/c1-11-18-16(8-9-26-20(18)29)28-19(27-11)14-7-6-12(22)10-15(14)13-4-2-3-5-17(13)30-21(23,24)25/h2-7,10H,8-9H2,1H3,(H,26,29). The van der Waals surface area contributed by atoms with E-state index in [9.17, 15) is 22.4 Å². The highest BCUT2D eigenvalue weighted by Gasteiger charge is 2.32. The number of aryl methyl sites for hydroxylation is 1. The van der Waals surface area contributed by atoms with Crippen molar-refractivity contribution in [2.75, 3.05) is 6.54 Å². The maximum Gasteiger partial charge on any atom is 0.573 e. The predicted molar refractivity (Wildman–Crippen MR) is 100 cm³/mol. The van der Waals surface area contributed by atoms with Gasteiger partial charge in [0.1, 0.15) is 11.6 Å². The smallest absolute Gasteiger partial charge is 0.405 e. The van der Waals surface area contributed by atoms with Crippen LogP contribution in [0.15, 0.2) is 42.5 Å². The SMILES string of the molecule is Cc1nc(-c2ccc(F)cc2-c2ccccc2OC(F)(F)F)nc2c1C(=O)NCC2. The van der Waals surface area contributed by atoms with Gasteiger partial charge in [-0.15, -0.1) is 13.2 Å². The van der Waals surface area contributed by atoms with Crippen molar-refractivity contribution >= 4 is 5.91 Å². The van der Waals surface area contributed by atoms with Gasteiger partial charge in [0, 0.05) is 24.1 Å². The second-order valence-corrected chi connectivity index (χ2v) is 6.69. The first-order valence-corrected chi connectivity index (χ1v) is 9.04. The fourth-order valence-corrected chi connectivity index (χ4v) is 3.45. The largest absolute Gasteiger partial charge is 0.573 e. The summed E-state index contributed by atoms with van der Waals surface area (Å²) in [5.74, 6) is -1.18. The van der Waals surface area contributed by atoms with Crippen molar-refractivity contribution in [3.8, 4) is 28.3 Å². The molecule has 1 aliphatic rings. The fourth-order valence-electron chi connectivity index (χ4n) is 3.45. The topological polar surface area (TPSA) is 64.1 Å². The van der Waals surface area contributed by atoms with Crippen molar-refractivity contribution in [3.05, 3.63) is 65.2 Å². The van der Waals surface area contributed by atoms with Gasteiger partial charge in [0.2, 0.25) is 0 Å². The van der Waals surface area contributed by atoms with E-state index in [0.717, 1.165) is 12.1 Å². The van der Waals surface area contributed by atoms with Crippen LogP contribution < -0.4 is 10.1 Å². The third-order valence-electron chi connectivity index (χ3n) is 4.66. The zero-order chi connectivity index (χ0) is 21.5. The molecular formula is C21H15F4N3O2. The van der Waals surface area contributed by atoms with Crippen LogP contribution in [0.2, 0.25) is 0 Å².